The average molecular weight is 504 g/mol. The molecule has 36 heavy (non-hydrogen) atoms. The highest BCUT2D eigenvalue weighted by Crippen LogP contribution is 2.38. The minimum atomic E-state index is -0.391. The predicted octanol–water partition coefficient (Wildman–Crippen LogP) is 7.39. The molecule has 1 amide bonds. The molecule has 0 aliphatic heterocycles. The van der Waals surface area contributed by atoms with Gasteiger partial charge in [0.05, 0.1) is 34.1 Å². The maximum Gasteiger partial charge on any atom is 0.255 e. The van der Waals surface area contributed by atoms with Crippen LogP contribution in [0.25, 0.3) is 5.69 Å². The first-order chi connectivity index (χ1) is 17.4. The van der Waals surface area contributed by atoms with Crippen molar-refractivity contribution in [3.63, 3.8) is 0 Å². The first-order valence-electron chi connectivity index (χ1n) is 12.1. The Kier molecular flexibility index (Phi) is 6.79. The Balaban J connectivity index is 1.62. The van der Waals surface area contributed by atoms with Crippen molar-refractivity contribution in [3.05, 3.63) is 107 Å². The van der Waals surface area contributed by atoms with Crippen LogP contribution < -0.4 is 4.74 Å². The van der Waals surface area contributed by atoms with E-state index in [-0.39, 0.29) is 17.9 Å². The fraction of sp³-hybridized carbons (Fsp3) is 0.241. The molecule has 0 N–H and O–H groups in total. The molecule has 0 radical (unpaired) electrons. The summed E-state index contributed by atoms with van der Waals surface area (Å²) < 4.78 is 22.1. The molecule has 1 aliphatic carbocycles. The van der Waals surface area contributed by atoms with Crippen molar-refractivity contribution in [1.82, 2.24) is 14.7 Å². The summed E-state index contributed by atoms with van der Waals surface area (Å²) in [5.41, 5.74) is 2.90. The van der Waals surface area contributed by atoms with Crippen LogP contribution in [0.1, 0.15) is 54.2 Å². The number of halogens is 2. The van der Waals surface area contributed by atoms with E-state index in [1.165, 1.54) is 12.1 Å². The minimum absolute atomic E-state index is 0.0660. The standard InChI is InChI=1S/C29H27ClFN3O2/c1-19(2)27-25(18-33(21-15-16-21)28(35)24-13-6-7-14-26(24)30)29(36-23-12-8-9-20(31)17-23)34(32-27)22-10-4-3-5-11-22/h3-14,17,19,21H,15-16,18H2,1-2H3. The molecule has 7 heteroatoms. The molecule has 0 saturated heterocycles. The Hall–Kier alpha value is -3.64. The second-order valence-electron chi connectivity index (χ2n) is 9.27. The summed E-state index contributed by atoms with van der Waals surface area (Å²) in [6.07, 6.45) is 1.86. The van der Waals surface area contributed by atoms with Crippen LogP contribution in [0.15, 0.2) is 78.9 Å². The molecule has 5 rings (SSSR count). The number of para-hydroxylation sites is 1. The van der Waals surface area contributed by atoms with E-state index in [9.17, 15) is 9.18 Å². The quantitative estimate of drug-likeness (QED) is 0.252. The van der Waals surface area contributed by atoms with Crippen molar-refractivity contribution in [1.29, 1.82) is 0 Å². The van der Waals surface area contributed by atoms with E-state index in [4.69, 9.17) is 21.4 Å². The zero-order chi connectivity index (χ0) is 25.2. The minimum Gasteiger partial charge on any atom is -0.438 e. The molecule has 0 bridgehead atoms. The van der Waals surface area contributed by atoms with Gasteiger partial charge in [0, 0.05) is 12.1 Å². The Morgan fingerprint density at radius 2 is 1.81 bits per heavy atom. The number of benzene rings is 3. The topological polar surface area (TPSA) is 47.4 Å². The van der Waals surface area contributed by atoms with Crippen molar-refractivity contribution in [2.24, 2.45) is 0 Å². The van der Waals surface area contributed by atoms with E-state index in [1.54, 1.807) is 28.9 Å². The van der Waals surface area contributed by atoms with E-state index in [0.29, 0.717) is 28.8 Å². The lowest BCUT2D eigenvalue weighted by molar-refractivity contribution is 0.0728. The molecule has 0 spiro atoms. The van der Waals surface area contributed by atoms with Crippen LogP contribution in [-0.2, 0) is 6.54 Å². The zero-order valence-electron chi connectivity index (χ0n) is 20.2. The third-order valence-electron chi connectivity index (χ3n) is 6.21. The van der Waals surface area contributed by atoms with Crippen molar-refractivity contribution in [3.8, 4) is 17.3 Å². The first kappa shape index (κ1) is 24.1. The summed E-state index contributed by atoms with van der Waals surface area (Å²) in [5.74, 6) is 0.378. The fourth-order valence-electron chi connectivity index (χ4n) is 4.27. The van der Waals surface area contributed by atoms with Crippen molar-refractivity contribution >= 4 is 17.5 Å². The SMILES string of the molecule is CC(C)c1nn(-c2ccccc2)c(Oc2cccc(F)c2)c1CN(C(=O)c1ccccc1Cl)C1CC1. The van der Waals surface area contributed by atoms with Gasteiger partial charge in [-0.1, -0.05) is 61.8 Å². The van der Waals surface area contributed by atoms with Gasteiger partial charge in [0.25, 0.3) is 5.91 Å². The number of aromatic nitrogens is 2. The van der Waals surface area contributed by atoms with Crippen LogP contribution in [-0.4, -0.2) is 26.6 Å². The van der Waals surface area contributed by atoms with E-state index in [1.807, 2.05) is 47.4 Å². The van der Waals surface area contributed by atoms with Gasteiger partial charge < -0.3 is 9.64 Å². The van der Waals surface area contributed by atoms with E-state index in [2.05, 4.69) is 13.8 Å². The van der Waals surface area contributed by atoms with Gasteiger partial charge in [0.1, 0.15) is 11.6 Å². The summed E-state index contributed by atoms with van der Waals surface area (Å²) >= 11 is 6.39. The second kappa shape index (κ2) is 10.2. The third kappa shape index (κ3) is 5.00. The molecular formula is C29H27ClFN3O2. The molecular weight excluding hydrogens is 477 g/mol. The molecule has 4 aromatic rings. The number of hydrogen-bond acceptors (Lipinski definition) is 3. The van der Waals surface area contributed by atoms with Crippen LogP contribution in [0.5, 0.6) is 11.6 Å². The highest BCUT2D eigenvalue weighted by molar-refractivity contribution is 6.33. The van der Waals surface area contributed by atoms with Gasteiger partial charge in [-0.15, -0.1) is 0 Å². The van der Waals surface area contributed by atoms with Gasteiger partial charge in [-0.05, 0) is 55.2 Å². The lowest BCUT2D eigenvalue weighted by Gasteiger charge is -2.24. The largest absolute Gasteiger partial charge is 0.438 e. The Morgan fingerprint density at radius 1 is 1.08 bits per heavy atom. The van der Waals surface area contributed by atoms with Crippen LogP contribution in [0, 0.1) is 5.82 Å². The molecule has 1 fully saturated rings. The highest BCUT2D eigenvalue weighted by atomic mass is 35.5. The van der Waals surface area contributed by atoms with Crippen molar-refractivity contribution < 1.29 is 13.9 Å². The van der Waals surface area contributed by atoms with Gasteiger partial charge in [0.2, 0.25) is 5.88 Å². The first-order valence-corrected chi connectivity index (χ1v) is 12.5. The number of hydrogen-bond donors (Lipinski definition) is 0. The third-order valence-corrected chi connectivity index (χ3v) is 6.54. The average Bonchev–Trinajstić information content (AvgIpc) is 3.65. The number of carbonyl (C=O) groups excluding carboxylic acids is 1. The Bertz CT molecular complexity index is 1380. The highest BCUT2D eigenvalue weighted by Gasteiger charge is 2.36. The van der Waals surface area contributed by atoms with Crippen LogP contribution in [0.3, 0.4) is 0 Å². The Labute approximate surface area is 215 Å². The molecule has 184 valence electrons. The molecule has 0 unspecified atom stereocenters. The zero-order valence-corrected chi connectivity index (χ0v) is 21.0. The molecule has 1 aliphatic rings. The number of nitrogens with zero attached hydrogens (tertiary/aromatic N) is 3. The smallest absolute Gasteiger partial charge is 0.255 e. The van der Waals surface area contributed by atoms with Gasteiger partial charge in [-0.25, -0.2) is 9.07 Å². The van der Waals surface area contributed by atoms with Crippen molar-refractivity contribution in [2.45, 2.75) is 45.2 Å². The predicted molar refractivity (Wildman–Crippen MR) is 138 cm³/mol. The second-order valence-corrected chi connectivity index (χ2v) is 9.68. The summed E-state index contributed by atoms with van der Waals surface area (Å²) in [7, 11) is 0. The van der Waals surface area contributed by atoms with E-state index >= 15 is 0 Å². The van der Waals surface area contributed by atoms with E-state index < -0.39 is 5.82 Å². The monoisotopic (exact) mass is 503 g/mol. The number of rotatable bonds is 8. The number of ether oxygens (including phenoxy) is 1. The van der Waals surface area contributed by atoms with Gasteiger partial charge in [0.15, 0.2) is 0 Å². The van der Waals surface area contributed by atoms with Crippen LogP contribution in [0.2, 0.25) is 5.02 Å². The maximum atomic E-state index is 14.0. The molecule has 1 saturated carbocycles. The summed E-state index contributed by atoms with van der Waals surface area (Å²) in [6.45, 7) is 4.43. The maximum absolute atomic E-state index is 14.0. The Morgan fingerprint density at radius 3 is 2.47 bits per heavy atom. The molecule has 5 nitrogen and oxygen atoms in total. The van der Waals surface area contributed by atoms with E-state index in [0.717, 1.165) is 29.8 Å². The van der Waals surface area contributed by atoms with Gasteiger partial charge in [-0.3, -0.25) is 4.79 Å². The number of carbonyl (C=O) groups is 1. The molecule has 3 aromatic carbocycles. The van der Waals surface area contributed by atoms with Gasteiger partial charge >= 0.3 is 0 Å². The van der Waals surface area contributed by atoms with Crippen LogP contribution >= 0.6 is 11.6 Å². The molecule has 1 heterocycles. The summed E-state index contributed by atoms with van der Waals surface area (Å²) in [4.78, 5) is 15.5. The number of amides is 1. The normalized spacial score (nSPS) is 13.1. The van der Waals surface area contributed by atoms with Crippen molar-refractivity contribution in [2.75, 3.05) is 0 Å². The lowest BCUT2D eigenvalue weighted by atomic mass is 10.0. The molecule has 0 atom stereocenters. The fourth-order valence-corrected chi connectivity index (χ4v) is 4.48. The lowest BCUT2D eigenvalue weighted by Crippen LogP contribution is -2.33. The molecule has 1 aromatic heterocycles. The summed E-state index contributed by atoms with van der Waals surface area (Å²) in [5, 5.41) is 5.34. The van der Waals surface area contributed by atoms with Crippen LogP contribution in [0.4, 0.5) is 4.39 Å². The van der Waals surface area contributed by atoms with Gasteiger partial charge in [-0.2, -0.15) is 5.10 Å². The summed E-state index contributed by atoms with van der Waals surface area (Å²) in [6, 6.07) is 22.9.